The topological polar surface area (TPSA) is 75.8 Å². The van der Waals surface area contributed by atoms with Gasteiger partial charge < -0.3 is 19.4 Å². The molecule has 8 bridgehead atoms. The number of ether oxygens (including phenoxy) is 2. The van der Waals surface area contributed by atoms with Gasteiger partial charge >= 0.3 is 0 Å². The molecule has 0 fully saturated rings. The van der Waals surface area contributed by atoms with Crippen molar-refractivity contribution >= 4 is 149 Å². The average molecular weight is 625 g/mol. The molecule has 3 aromatic rings. The zero-order valence-corrected chi connectivity index (χ0v) is 31.3. The van der Waals surface area contributed by atoms with Gasteiger partial charge in [-0.25, -0.2) is 9.97 Å². The molecule has 0 saturated heterocycles. The monoisotopic (exact) mass is 624 g/mol. The summed E-state index contributed by atoms with van der Waals surface area (Å²) in [5, 5.41) is 0. The first-order chi connectivity index (χ1) is 19.5. The van der Waals surface area contributed by atoms with Crippen LogP contribution in [-0.4, -0.2) is 149 Å². The standard InChI is InChI=1S/C32H36F2N4O2.2K/c1-21(39-13-5-3-11-33)29-17-27-16-25-8-7-23(35-25)15-24-9-10-26(36-24)19-31-30(22(2)40-14-6-4-12-34)18-28(38-31)20-32(29)37-27;;/h7-10,15-22,37-38H,3-6,11-14H2,1-2H3;;. The Kier molecular flexibility index (Phi) is 15.4. The van der Waals surface area contributed by atoms with Gasteiger partial charge in [0, 0.05) is 149 Å². The summed E-state index contributed by atoms with van der Waals surface area (Å²) in [4.78, 5) is 16.6. The first kappa shape index (κ1) is 36.1. The van der Waals surface area contributed by atoms with Crippen molar-refractivity contribution in [3.8, 4) is 0 Å². The van der Waals surface area contributed by atoms with Gasteiger partial charge in [-0.2, -0.15) is 0 Å². The van der Waals surface area contributed by atoms with E-state index >= 15 is 0 Å². The second-order valence-corrected chi connectivity index (χ2v) is 10.2. The van der Waals surface area contributed by atoms with Crippen molar-refractivity contribution < 1.29 is 18.3 Å². The predicted molar refractivity (Wildman–Crippen MR) is 170 cm³/mol. The number of H-pyrrole nitrogens is 2. The second-order valence-electron chi connectivity index (χ2n) is 10.2. The van der Waals surface area contributed by atoms with Gasteiger partial charge in [-0.05, 0) is 100 Å². The number of aromatic amines is 2. The number of nitrogens with one attached hydrogen (secondary N) is 2. The number of unbranched alkanes of at least 4 members (excludes halogenated alkanes) is 2. The van der Waals surface area contributed by atoms with Crippen molar-refractivity contribution in [1.82, 2.24) is 19.9 Å². The van der Waals surface area contributed by atoms with E-state index in [9.17, 15) is 8.78 Å². The molecule has 2 radical (unpaired) electrons. The van der Waals surface area contributed by atoms with Gasteiger partial charge in [-0.3, -0.25) is 8.78 Å². The van der Waals surface area contributed by atoms with Gasteiger partial charge in [0.25, 0.3) is 0 Å². The fraction of sp³-hybridized carbons (Fsp3) is 0.375. The van der Waals surface area contributed by atoms with Crippen LogP contribution in [0, 0.1) is 0 Å². The Morgan fingerprint density at radius 1 is 0.595 bits per heavy atom. The molecule has 3 aromatic heterocycles. The maximum absolute atomic E-state index is 12.6. The zero-order chi connectivity index (χ0) is 27.9. The van der Waals surface area contributed by atoms with Crippen molar-refractivity contribution in [3.63, 3.8) is 0 Å². The Bertz CT molecular complexity index is 1550. The van der Waals surface area contributed by atoms with E-state index in [1.807, 2.05) is 56.4 Å². The first-order valence-electron chi connectivity index (χ1n) is 14.0. The van der Waals surface area contributed by atoms with E-state index in [1.165, 1.54) is 0 Å². The van der Waals surface area contributed by atoms with Crippen molar-refractivity contribution in [3.05, 3.63) is 70.3 Å². The molecule has 2 N–H and O–H groups in total. The van der Waals surface area contributed by atoms with Crippen LogP contribution in [0.15, 0.2) is 36.4 Å². The Morgan fingerprint density at radius 2 is 1.02 bits per heavy atom. The zero-order valence-electron chi connectivity index (χ0n) is 25.1. The molecule has 212 valence electrons. The first-order valence-corrected chi connectivity index (χ1v) is 14.0. The number of alkyl halides is 2. The molecule has 2 aliphatic heterocycles. The molecule has 5 rings (SSSR count). The molecule has 0 aromatic carbocycles. The number of halogens is 2. The number of rotatable bonds is 12. The number of hydrogen-bond acceptors (Lipinski definition) is 4. The maximum atomic E-state index is 12.6. The van der Waals surface area contributed by atoms with Crippen molar-refractivity contribution in [1.29, 1.82) is 0 Å². The molecule has 0 amide bonds. The van der Waals surface area contributed by atoms with E-state index in [0.717, 1.165) is 56.0 Å². The summed E-state index contributed by atoms with van der Waals surface area (Å²) < 4.78 is 37.3. The quantitative estimate of drug-likeness (QED) is 0.111. The van der Waals surface area contributed by atoms with Crippen LogP contribution in [0.3, 0.4) is 0 Å². The molecule has 42 heavy (non-hydrogen) atoms. The minimum atomic E-state index is -0.334. The van der Waals surface area contributed by atoms with Gasteiger partial charge in [0.05, 0.1) is 48.3 Å². The summed E-state index contributed by atoms with van der Waals surface area (Å²) in [6.45, 7) is 4.35. The van der Waals surface area contributed by atoms with Crippen molar-refractivity contribution in [2.45, 2.75) is 51.7 Å². The fourth-order valence-electron chi connectivity index (χ4n) is 4.90. The number of hydrogen-bond donors (Lipinski definition) is 2. The van der Waals surface area contributed by atoms with Crippen LogP contribution < -0.4 is 0 Å². The molecule has 0 spiro atoms. The molecule has 2 aliphatic rings. The molecule has 5 heterocycles. The average Bonchev–Trinajstić information content (AvgIpc) is 3.73. The molecule has 10 heteroatoms. The summed E-state index contributed by atoms with van der Waals surface area (Å²) in [5.74, 6) is 0. The Labute approximate surface area is 331 Å². The van der Waals surface area contributed by atoms with Crippen molar-refractivity contribution in [2.24, 2.45) is 0 Å². The van der Waals surface area contributed by atoms with Crippen LogP contribution >= 0.6 is 0 Å². The molecular formula is C32H36F2K2N4O2. The Morgan fingerprint density at radius 3 is 1.52 bits per heavy atom. The summed E-state index contributed by atoms with van der Waals surface area (Å²) in [5.41, 5.74) is 8.99. The second kappa shape index (κ2) is 18.0. The summed E-state index contributed by atoms with van der Waals surface area (Å²) >= 11 is 0. The number of aromatic nitrogens is 4. The fourth-order valence-corrected chi connectivity index (χ4v) is 4.90. The minimum Gasteiger partial charge on any atom is -0.374 e. The van der Waals surface area contributed by atoms with E-state index in [4.69, 9.17) is 19.4 Å². The van der Waals surface area contributed by atoms with Gasteiger partial charge in [-0.1, -0.05) is 0 Å². The van der Waals surface area contributed by atoms with Crippen molar-refractivity contribution in [2.75, 3.05) is 26.6 Å². The van der Waals surface area contributed by atoms with Crippen LogP contribution in [-0.2, 0) is 9.47 Å². The van der Waals surface area contributed by atoms with E-state index in [2.05, 4.69) is 28.2 Å². The third-order valence-corrected chi connectivity index (χ3v) is 7.03. The normalized spacial score (nSPS) is 13.4. The van der Waals surface area contributed by atoms with Crippen LogP contribution in [0.5, 0.6) is 0 Å². The molecular weight excluding hydrogens is 589 g/mol. The Hall–Kier alpha value is -0.347. The maximum Gasteiger partial charge on any atom is 0.0895 e. The van der Waals surface area contributed by atoms with Crippen LogP contribution in [0.25, 0.3) is 46.4 Å². The number of fused-ring (bicyclic) bond motifs is 8. The van der Waals surface area contributed by atoms with Gasteiger partial charge in [0.2, 0.25) is 0 Å². The number of nitrogens with zero attached hydrogens (tertiary/aromatic N) is 2. The van der Waals surface area contributed by atoms with Crippen LogP contribution in [0.2, 0.25) is 0 Å². The van der Waals surface area contributed by atoms with Gasteiger partial charge in [0.1, 0.15) is 0 Å². The molecule has 6 nitrogen and oxygen atoms in total. The Balaban J connectivity index is 0.00000242. The van der Waals surface area contributed by atoms with E-state index in [0.29, 0.717) is 38.9 Å². The molecule has 2 atom stereocenters. The van der Waals surface area contributed by atoms with Crippen LogP contribution in [0.1, 0.15) is 85.6 Å². The third kappa shape index (κ3) is 9.82. The van der Waals surface area contributed by atoms with Gasteiger partial charge in [-0.15, -0.1) is 0 Å². The van der Waals surface area contributed by atoms with Crippen LogP contribution in [0.4, 0.5) is 8.78 Å². The van der Waals surface area contributed by atoms with Gasteiger partial charge in [0.15, 0.2) is 0 Å². The molecule has 0 aliphatic carbocycles. The summed E-state index contributed by atoms with van der Waals surface area (Å²) in [7, 11) is 0. The van der Waals surface area contributed by atoms with E-state index in [-0.39, 0.29) is 128 Å². The molecule has 0 saturated carbocycles. The summed E-state index contributed by atoms with van der Waals surface area (Å²) in [6.07, 6.45) is 9.90. The smallest absolute Gasteiger partial charge is 0.0895 e. The minimum absolute atomic E-state index is 0. The summed E-state index contributed by atoms with van der Waals surface area (Å²) in [6, 6.07) is 12.2. The SMILES string of the molecule is CC(OCCCCF)c1cc2cc3[nH]c(cc4nc(cc5nc(cc1[nH]2)C=C5)C=C4)cc3C(C)OCCCCF.[K].[K]. The molecule has 2 unspecified atom stereocenters. The van der Waals surface area contributed by atoms with E-state index in [1.54, 1.807) is 0 Å². The predicted octanol–water partition coefficient (Wildman–Crippen LogP) is 7.55. The van der Waals surface area contributed by atoms with E-state index < -0.39 is 0 Å². The largest absolute Gasteiger partial charge is 0.374 e. The third-order valence-electron chi connectivity index (χ3n) is 7.03.